The standard InChI is InChI=1S/C26H25N3O/c1-30-18-11-12-23-21(15-18)26-25(28-23)24-20(19-9-5-6-10-22(19)27-24)13-14-29(26)16-17-7-3-2-4-8-17/h2-12,15,25-28H,13-14,16H2,1H3. The maximum Gasteiger partial charge on any atom is 0.119 e. The highest BCUT2D eigenvalue weighted by Gasteiger charge is 2.41. The fraction of sp³-hybridized carbons (Fsp3) is 0.231. The summed E-state index contributed by atoms with van der Waals surface area (Å²) in [5.74, 6) is 0.914. The number of hydrogen-bond acceptors (Lipinski definition) is 3. The van der Waals surface area contributed by atoms with E-state index >= 15 is 0 Å². The van der Waals surface area contributed by atoms with Gasteiger partial charge in [-0.25, -0.2) is 0 Å². The zero-order valence-electron chi connectivity index (χ0n) is 17.1. The Bertz CT molecular complexity index is 1210. The number of ether oxygens (including phenoxy) is 1. The topological polar surface area (TPSA) is 40.3 Å². The molecule has 4 aromatic rings. The lowest BCUT2D eigenvalue weighted by atomic mass is 9.98. The Kier molecular flexibility index (Phi) is 4.06. The third-order valence-corrected chi connectivity index (χ3v) is 6.63. The van der Waals surface area contributed by atoms with Crippen LogP contribution in [-0.2, 0) is 13.0 Å². The molecule has 3 aromatic carbocycles. The SMILES string of the molecule is COc1ccc2c(c1)C1C(N2)c2[nH]c3ccccc3c2CCN1Cc1ccccc1. The van der Waals surface area contributed by atoms with E-state index < -0.39 is 0 Å². The maximum absolute atomic E-state index is 5.57. The summed E-state index contributed by atoms with van der Waals surface area (Å²) >= 11 is 0. The molecule has 2 unspecified atom stereocenters. The summed E-state index contributed by atoms with van der Waals surface area (Å²) in [6.45, 7) is 1.95. The van der Waals surface area contributed by atoms with Crippen molar-refractivity contribution in [3.63, 3.8) is 0 Å². The molecule has 0 fully saturated rings. The van der Waals surface area contributed by atoms with E-state index in [4.69, 9.17) is 4.74 Å². The van der Waals surface area contributed by atoms with Gasteiger partial charge in [0.1, 0.15) is 5.75 Å². The highest BCUT2D eigenvalue weighted by atomic mass is 16.5. The summed E-state index contributed by atoms with van der Waals surface area (Å²) in [5.41, 5.74) is 7.88. The number of aromatic amines is 1. The molecule has 0 amide bonds. The quantitative estimate of drug-likeness (QED) is 0.485. The van der Waals surface area contributed by atoms with Gasteiger partial charge in [-0.2, -0.15) is 0 Å². The van der Waals surface area contributed by atoms with Crippen LogP contribution in [-0.4, -0.2) is 23.5 Å². The first-order valence-electron chi connectivity index (χ1n) is 10.6. The van der Waals surface area contributed by atoms with Gasteiger partial charge in [0.25, 0.3) is 0 Å². The molecule has 30 heavy (non-hydrogen) atoms. The van der Waals surface area contributed by atoms with E-state index in [-0.39, 0.29) is 12.1 Å². The molecule has 3 heterocycles. The molecule has 4 nitrogen and oxygen atoms in total. The van der Waals surface area contributed by atoms with Crippen LogP contribution in [0.25, 0.3) is 10.9 Å². The number of methoxy groups -OCH3 is 1. The van der Waals surface area contributed by atoms with Gasteiger partial charge in [0.2, 0.25) is 0 Å². The number of anilines is 1. The van der Waals surface area contributed by atoms with Crippen LogP contribution < -0.4 is 10.1 Å². The van der Waals surface area contributed by atoms with Crippen LogP contribution in [0.15, 0.2) is 72.8 Å². The monoisotopic (exact) mass is 395 g/mol. The number of nitrogens with zero attached hydrogens (tertiary/aromatic N) is 1. The van der Waals surface area contributed by atoms with E-state index in [9.17, 15) is 0 Å². The summed E-state index contributed by atoms with van der Waals surface area (Å²) in [4.78, 5) is 6.38. The first kappa shape index (κ1) is 17.6. The average molecular weight is 396 g/mol. The van der Waals surface area contributed by atoms with E-state index in [1.165, 1.54) is 39.0 Å². The van der Waals surface area contributed by atoms with Gasteiger partial charge in [-0.05, 0) is 47.4 Å². The van der Waals surface area contributed by atoms with Gasteiger partial charge < -0.3 is 15.0 Å². The van der Waals surface area contributed by atoms with Crippen molar-refractivity contribution in [2.24, 2.45) is 0 Å². The molecule has 4 heteroatoms. The molecule has 2 aliphatic heterocycles. The lowest BCUT2D eigenvalue weighted by Crippen LogP contribution is -2.31. The molecule has 2 atom stereocenters. The van der Waals surface area contributed by atoms with Crippen molar-refractivity contribution < 1.29 is 4.74 Å². The van der Waals surface area contributed by atoms with Crippen LogP contribution in [0.4, 0.5) is 5.69 Å². The second-order valence-corrected chi connectivity index (χ2v) is 8.29. The third kappa shape index (κ3) is 2.71. The smallest absolute Gasteiger partial charge is 0.119 e. The third-order valence-electron chi connectivity index (χ3n) is 6.63. The fourth-order valence-electron chi connectivity index (χ4n) is 5.25. The van der Waals surface area contributed by atoms with Crippen molar-refractivity contribution in [2.75, 3.05) is 19.0 Å². The minimum Gasteiger partial charge on any atom is -0.497 e. The summed E-state index contributed by atoms with van der Waals surface area (Å²) in [6, 6.07) is 26.3. The summed E-state index contributed by atoms with van der Waals surface area (Å²) in [5, 5.41) is 5.18. The van der Waals surface area contributed by atoms with E-state index in [1.54, 1.807) is 7.11 Å². The molecule has 0 spiro atoms. The first-order chi connectivity index (χ1) is 14.8. The van der Waals surface area contributed by atoms with Gasteiger partial charge in [-0.3, -0.25) is 4.90 Å². The maximum atomic E-state index is 5.57. The van der Waals surface area contributed by atoms with Crippen molar-refractivity contribution in [3.8, 4) is 5.75 Å². The fourth-order valence-corrected chi connectivity index (χ4v) is 5.25. The number of aromatic nitrogens is 1. The highest BCUT2D eigenvalue weighted by Crippen LogP contribution is 2.50. The second kappa shape index (κ2) is 6.92. The molecule has 1 aromatic heterocycles. The number of nitrogens with one attached hydrogen (secondary N) is 2. The van der Waals surface area contributed by atoms with E-state index in [0.717, 1.165) is 25.3 Å². The Morgan fingerprint density at radius 2 is 1.83 bits per heavy atom. The lowest BCUT2D eigenvalue weighted by molar-refractivity contribution is 0.184. The van der Waals surface area contributed by atoms with Crippen molar-refractivity contribution in [1.82, 2.24) is 9.88 Å². The van der Waals surface area contributed by atoms with Crippen LogP contribution in [0.1, 0.15) is 34.5 Å². The van der Waals surface area contributed by atoms with Gasteiger partial charge in [0.15, 0.2) is 0 Å². The first-order valence-corrected chi connectivity index (χ1v) is 10.6. The van der Waals surface area contributed by atoms with Crippen LogP contribution >= 0.6 is 0 Å². The Morgan fingerprint density at radius 1 is 1.00 bits per heavy atom. The number of fused-ring (bicyclic) bond motifs is 7. The number of H-pyrrole nitrogens is 1. The molecular formula is C26H25N3O. The minimum atomic E-state index is 0.195. The Hall–Kier alpha value is -3.24. The van der Waals surface area contributed by atoms with Crippen LogP contribution in [0.2, 0.25) is 0 Å². The van der Waals surface area contributed by atoms with E-state index in [2.05, 4.69) is 81.9 Å². The van der Waals surface area contributed by atoms with Gasteiger partial charge in [0.05, 0.1) is 19.2 Å². The molecule has 6 rings (SSSR count). The summed E-state index contributed by atoms with van der Waals surface area (Å²) < 4.78 is 5.57. The molecule has 150 valence electrons. The van der Waals surface area contributed by atoms with Crippen LogP contribution in [0.3, 0.4) is 0 Å². The predicted octanol–water partition coefficient (Wildman–Crippen LogP) is 5.44. The molecule has 2 N–H and O–H groups in total. The van der Waals surface area contributed by atoms with Crippen molar-refractivity contribution in [2.45, 2.75) is 25.0 Å². The molecule has 0 saturated carbocycles. The van der Waals surface area contributed by atoms with E-state index in [0.29, 0.717) is 0 Å². The predicted molar refractivity (Wildman–Crippen MR) is 121 cm³/mol. The zero-order valence-corrected chi connectivity index (χ0v) is 17.1. The molecule has 0 radical (unpaired) electrons. The number of para-hydroxylation sites is 1. The molecular weight excluding hydrogens is 370 g/mol. The van der Waals surface area contributed by atoms with Crippen LogP contribution in [0, 0.1) is 0 Å². The lowest BCUT2D eigenvalue weighted by Gasteiger charge is -2.31. The highest BCUT2D eigenvalue weighted by molar-refractivity contribution is 5.85. The molecule has 0 bridgehead atoms. The van der Waals surface area contributed by atoms with Gasteiger partial charge in [-0.15, -0.1) is 0 Å². The van der Waals surface area contributed by atoms with Crippen molar-refractivity contribution in [1.29, 1.82) is 0 Å². The van der Waals surface area contributed by atoms with Gasteiger partial charge in [0, 0.05) is 35.4 Å². The Balaban J connectivity index is 1.49. The molecule has 2 aliphatic rings. The number of hydrogen-bond donors (Lipinski definition) is 2. The Morgan fingerprint density at radius 3 is 2.70 bits per heavy atom. The Labute approximate surface area is 176 Å². The molecule has 0 saturated heterocycles. The molecule has 0 aliphatic carbocycles. The number of benzene rings is 3. The average Bonchev–Trinajstić information content (AvgIpc) is 3.31. The van der Waals surface area contributed by atoms with Gasteiger partial charge in [-0.1, -0.05) is 48.5 Å². The largest absolute Gasteiger partial charge is 0.497 e. The minimum absolute atomic E-state index is 0.195. The summed E-state index contributed by atoms with van der Waals surface area (Å²) in [7, 11) is 1.74. The number of rotatable bonds is 3. The second-order valence-electron chi connectivity index (χ2n) is 8.29. The zero-order chi connectivity index (χ0) is 20.1. The van der Waals surface area contributed by atoms with Crippen molar-refractivity contribution in [3.05, 3.63) is 95.2 Å². The summed E-state index contributed by atoms with van der Waals surface area (Å²) in [6.07, 6.45) is 1.04. The van der Waals surface area contributed by atoms with Gasteiger partial charge >= 0.3 is 0 Å². The van der Waals surface area contributed by atoms with Crippen LogP contribution in [0.5, 0.6) is 5.75 Å². The van der Waals surface area contributed by atoms with E-state index in [1.807, 2.05) is 6.07 Å². The normalized spacial score (nSPS) is 20.2. The van der Waals surface area contributed by atoms with Crippen molar-refractivity contribution >= 4 is 16.6 Å².